The van der Waals surface area contributed by atoms with Gasteiger partial charge in [0.25, 0.3) is 6.33 Å². The third-order valence-corrected chi connectivity index (χ3v) is 12.9. The van der Waals surface area contributed by atoms with Crippen LogP contribution in [0.15, 0.2) is 218 Å². The fourth-order valence-electron chi connectivity index (χ4n) is 10.0. The van der Waals surface area contributed by atoms with E-state index in [0.29, 0.717) is 33.8 Å². The Hall–Kier alpha value is -8.31. The quantitative estimate of drug-likeness (QED) is 0.107. The van der Waals surface area contributed by atoms with Crippen LogP contribution in [-0.2, 0) is 27.5 Å². The molecule has 4 heterocycles. The van der Waals surface area contributed by atoms with Crippen molar-refractivity contribution in [1.29, 1.82) is 0 Å². The van der Waals surface area contributed by atoms with E-state index in [2.05, 4.69) is 92.3 Å². The molecule has 0 aliphatic rings. The molecule has 72 heavy (non-hydrogen) atoms. The van der Waals surface area contributed by atoms with Gasteiger partial charge in [0.2, 0.25) is 0 Å². The van der Waals surface area contributed by atoms with Crippen LogP contribution in [0.5, 0.6) is 11.5 Å². The molecule has 0 saturated heterocycles. The number of imidazole rings is 1. The van der Waals surface area contributed by atoms with E-state index < -0.39 is 48.3 Å². The molecule has 13 rings (SSSR count). The summed E-state index contributed by atoms with van der Waals surface area (Å²) in [7, 11) is 0. The van der Waals surface area contributed by atoms with Crippen molar-refractivity contribution in [3.63, 3.8) is 0 Å². The second-order valence-corrected chi connectivity index (χ2v) is 18.8. The molecule has 0 amide bonds. The van der Waals surface area contributed by atoms with Gasteiger partial charge in [-0.1, -0.05) is 189 Å². The van der Waals surface area contributed by atoms with Crippen LogP contribution in [0.2, 0.25) is 0 Å². The Morgan fingerprint density at radius 2 is 1.21 bits per heavy atom. The van der Waals surface area contributed by atoms with Crippen molar-refractivity contribution in [2.24, 2.45) is 5.41 Å². The summed E-state index contributed by atoms with van der Waals surface area (Å²) >= 11 is 0. The van der Waals surface area contributed by atoms with Crippen molar-refractivity contribution < 1.29 is 41.3 Å². The van der Waals surface area contributed by atoms with Gasteiger partial charge in [-0.2, -0.15) is 12.1 Å². The molecule has 0 aliphatic carbocycles. The van der Waals surface area contributed by atoms with Gasteiger partial charge in [0.1, 0.15) is 5.82 Å². The van der Waals surface area contributed by atoms with E-state index in [-0.39, 0.29) is 54.0 Å². The van der Waals surface area contributed by atoms with Crippen molar-refractivity contribution in [3.8, 4) is 56.6 Å². The van der Waals surface area contributed by atoms with Crippen LogP contribution in [0.1, 0.15) is 37.3 Å². The molecular formula is C65H47N5OPt-2. The Bertz CT molecular complexity index is 4510. The van der Waals surface area contributed by atoms with Crippen molar-refractivity contribution in [1.82, 2.24) is 18.7 Å². The summed E-state index contributed by atoms with van der Waals surface area (Å²) in [6.07, 6.45) is 6.27. The molecule has 0 aliphatic heterocycles. The molecule has 0 atom stereocenters. The largest absolute Gasteiger partial charge is 0.510 e. The van der Waals surface area contributed by atoms with Gasteiger partial charge in [-0.15, -0.1) is 24.3 Å². The Balaban J connectivity index is 0.00000637. The number of pyridine rings is 1. The summed E-state index contributed by atoms with van der Waals surface area (Å²) in [5, 5.41) is 1.24. The van der Waals surface area contributed by atoms with Crippen LogP contribution in [0.4, 0.5) is 0 Å². The van der Waals surface area contributed by atoms with Gasteiger partial charge < -0.3 is 18.4 Å². The van der Waals surface area contributed by atoms with Crippen LogP contribution in [0, 0.1) is 23.9 Å². The average molecular weight is 1120 g/mol. The molecule has 7 heteroatoms. The molecule has 0 spiro atoms. The van der Waals surface area contributed by atoms with Gasteiger partial charge in [-0.05, 0) is 86.7 Å². The van der Waals surface area contributed by atoms with Gasteiger partial charge in [-0.25, -0.2) is 4.98 Å². The number of para-hydroxylation sites is 6. The number of benzene rings is 9. The number of hydrogen-bond donors (Lipinski definition) is 0. The minimum Gasteiger partial charge on any atom is -0.510 e. The van der Waals surface area contributed by atoms with E-state index >= 15 is 0 Å². The Labute approximate surface area is 444 Å². The van der Waals surface area contributed by atoms with E-state index in [1.165, 1.54) is 0 Å². The first kappa shape index (κ1) is 36.6. The molecular weight excluding hydrogens is 1060 g/mol. The number of nitrogens with zero attached hydrogens (tertiary/aromatic N) is 5. The van der Waals surface area contributed by atoms with E-state index in [9.17, 15) is 5.48 Å². The minimum atomic E-state index is -0.525. The van der Waals surface area contributed by atoms with Crippen LogP contribution in [0.3, 0.4) is 0 Å². The molecule has 4 aromatic heterocycles. The Morgan fingerprint density at radius 1 is 0.583 bits per heavy atom. The zero-order chi connectivity index (χ0) is 54.6. The molecule has 6 nitrogen and oxygen atoms in total. The number of rotatable bonds is 9. The number of hydrogen-bond acceptors (Lipinski definition) is 2. The van der Waals surface area contributed by atoms with E-state index in [4.69, 9.17) is 15.2 Å². The molecule has 0 fully saturated rings. The second kappa shape index (κ2) is 18.1. The van der Waals surface area contributed by atoms with Gasteiger partial charge in [0, 0.05) is 55.1 Å². The SMILES string of the molecule is [2H]c1c([2H])c([2H])c2c(c1[2H])c1c([2H])c([2H])c([2H])c([2H])c1n2-c1cc(Oc2[c-]c(-n3[c-][n+](-c4c(-c5ccccc5)cccc4-c4ccccc4)c4ccccc43)ccc2)[c-]c2c1c1ccccc1n2-c1cc(CC(C)(C)C)ccn1.[Pt]. The van der Waals surface area contributed by atoms with Crippen molar-refractivity contribution in [2.75, 3.05) is 0 Å². The van der Waals surface area contributed by atoms with Gasteiger partial charge in [0.05, 0.1) is 38.7 Å². The Morgan fingerprint density at radius 3 is 1.90 bits per heavy atom. The van der Waals surface area contributed by atoms with E-state index in [1.807, 2.05) is 112 Å². The second-order valence-electron chi connectivity index (χ2n) is 18.8. The number of aromatic nitrogens is 5. The predicted octanol–water partition coefficient (Wildman–Crippen LogP) is 15.6. The third-order valence-electron chi connectivity index (χ3n) is 12.9. The molecule has 350 valence electrons. The normalized spacial score (nSPS) is 13.3. The first-order chi connectivity index (χ1) is 38.2. The van der Waals surface area contributed by atoms with Crippen LogP contribution in [-0.4, -0.2) is 18.7 Å². The fourth-order valence-corrected chi connectivity index (χ4v) is 10.0. The maximum Gasteiger partial charge on any atom is 0.268 e. The molecule has 0 bridgehead atoms. The molecule has 0 N–H and O–H groups in total. The minimum absolute atomic E-state index is 0. The molecule has 0 radical (unpaired) electrons. The third kappa shape index (κ3) is 7.80. The molecule has 9 aromatic carbocycles. The topological polar surface area (TPSA) is 40.8 Å². The van der Waals surface area contributed by atoms with Gasteiger partial charge >= 0.3 is 0 Å². The zero-order valence-electron chi connectivity index (χ0n) is 47.3. The van der Waals surface area contributed by atoms with Crippen molar-refractivity contribution in [2.45, 2.75) is 27.2 Å². The summed E-state index contributed by atoms with van der Waals surface area (Å²) in [5.41, 5.74) is 10.1. The smallest absolute Gasteiger partial charge is 0.268 e. The molecule has 0 unspecified atom stereocenters. The molecule has 13 aromatic rings. The fraction of sp³-hybridized carbons (Fsp3) is 0.0769. The van der Waals surface area contributed by atoms with Crippen LogP contribution < -0.4 is 9.30 Å². The monoisotopic (exact) mass is 1120 g/mol. The summed E-state index contributed by atoms with van der Waals surface area (Å²) in [5.74, 6) is 1.09. The summed E-state index contributed by atoms with van der Waals surface area (Å²) in [6.45, 7) is 6.54. The van der Waals surface area contributed by atoms with Crippen LogP contribution in [0.25, 0.3) is 99.8 Å². The maximum absolute atomic E-state index is 9.47. The van der Waals surface area contributed by atoms with Crippen LogP contribution >= 0.6 is 0 Å². The van der Waals surface area contributed by atoms with Gasteiger partial charge in [-0.3, -0.25) is 4.57 Å². The molecule has 0 saturated carbocycles. The summed E-state index contributed by atoms with van der Waals surface area (Å²) in [6, 6.07) is 57.6. The maximum atomic E-state index is 9.47. The van der Waals surface area contributed by atoms with Crippen molar-refractivity contribution in [3.05, 3.63) is 242 Å². The predicted molar refractivity (Wildman–Crippen MR) is 288 cm³/mol. The van der Waals surface area contributed by atoms with Crippen molar-refractivity contribution >= 4 is 54.6 Å². The number of fused-ring (bicyclic) bond motifs is 7. The standard InChI is InChI=1S/C65H47N5O.Pt/c1-65(2,3)42-44-36-37-66-62(38-44)70-57-33-15-12-28-54(57)63-60(69-55-31-13-10-26-52(55)53-27-11-14-32-56(53)69)40-49(41-61(63)70)71-48-25-18-24-47(39-48)67-43-68(59-35-17-16-34-58(59)67)64-50(45-20-6-4-7-21-45)29-19-30-51(64)46-22-8-5-9-23-46;/h4-38,40H,42H2,1-3H3;/q-2;/i10D,11D,13D,14D,26D,27D,31D,32D;. The Kier molecular flexibility index (Phi) is 9.22. The zero-order valence-corrected chi connectivity index (χ0v) is 41.6. The average Bonchev–Trinajstić information content (AvgIpc) is 4.30. The van der Waals surface area contributed by atoms with Gasteiger partial charge in [0.15, 0.2) is 0 Å². The summed E-state index contributed by atoms with van der Waals surface area (Å²) in [4.78, 5) is 4.93. The van der Waals surface area contributed by atoms with E-state index in [0.717, 1.165) is 61.9 Å². The first-order valence-corrected chi connectivity index (χ1v) is 23.5. The van der Waals surface area contributed by atoms with E-state index in [1.54, 1.807) is 22.9 Å². The first-order valence-electron chi connectivity index (χ1n) is 27.5. The number of ether oxygens (including phenoxy) is 1. The summed E-state index contributed by atoms with van der Waals surface area (Å²) < 4.78 is 87.4.